The number of hydrogen-bond donors (Lipinski definition) is 0. The fraction of sp³-hybridized carbons (Fsp3) is 0.447. The first kappa shape index (κ1) is 34.0. The molecule has 0 spiro atoms. The van der Waals surface area contributed by atoms with E-state index in [-0.39, 0.29) is 12.0 Å². The molecule has 48 heavy (non-hydrogen) atoms. The van der Waals surface area contributed by atoms with Gasteiger partial charge in [-0.05, 0) is 97.9 Å². The minimum atomic E-state index is -1.17. The van der Waals surface area contributed by atoms with Crippen LogP contribution in [0.15, 0.2) is 60.8 Å². The van der Waals surface area contributed by atoms with Crippen LogP contribution >= 0.6 is 0 Å². The number of methoxy groups -OCH3 is 2. The molecular weight excluding hydrogens is 619 g/mol. The van der Waals surface area contributed by atoms with Gasteiger partial charge < -0.3 is 23.3 Å². The van der Waals surface area contributed by atoms with E-state index >= 15 is 0 Å². The highest BCUT2D eigenvalue weighted by Crippen LogP contribution is 2.37. The van der Waals surface area contributed by atoms with Crippen molar-refractivity contribution in [2.75, 3.05) is 33.9 Å². The van der Waals surface area contributed by atoms with Gasteiger partial charge in [0.15, 0.2) is 0 Å². The van der Waals surface area contributed by atoms with E-state index in [1.165, 1.54) is 18.4 Å². The van der Waals surface area contributed by atoms with Crippen molar-refractivity contribution >= 4 is 36.1 Å². The zero-order valence-electron chi connectivity index (χ0n) is 29.5. The minimum Gasteiger partial charge on any atom is -0.465 e. The van der Waals surface area contributed by atoms with E-state index in [4.69, 9.17) is 24.2 Å². The Bertz CT molecular complexity index is 1880. The third kappa shape index (κ3) is 7.12. The number of pyridine rings is 1. The SMILES string of the molecule is COCc1nc2cc(-c3ccnc4c3cc([C@H](C)N3CCC(c5ccc(C(=O)OC)cc5)CC3)n4C)ccc2n1COCC[Si](C)(C)C. The van der Waals surface area contributed by atoms with Crippen LogP contribution in [0, 0.1) is 0 Å². The Balaban J connectivity index is 1.21. The first-order valence-electron chi connectivity index (χ1n) is 17.0. The van der Waals surface area contributed by atoms with Crippen LogP contribution in [0.2, 0.25) is 25.7 Å². The van der Waals surface area contributed by atoms with Crippen LogP contribution in [-0.2, 0) is 34.6 Å². The molecule has 0 amide bonds. The average molecular weight is 668 g/mol. The molecule has 0 radical (unpaired) electrons. The summed E-state index contributed by atoms with van der Waals surface area (Å²) < 4.78 is 20.9. The molecule has 0 bridgehead atoms. The van der Waals surface area contributed by atoms with Gasteiger partial charge in [0.25, 0.3) is 0 Å². The van der Waals surface area contributed by atoms with Crippen molar-refractivity contribution in [3.8, 4) is 11.1 Å². The van der Waals surface area contributed by atoms with Crippen molar-refractivity contribution < 1.29 is 19.0 Å². The van der Waals surface area contributed by atoms with E-state index < -0.39 is 8.07 Å². The first-order chi connectivity index (χ1) is 23.1. The summed E-state index contributed by atoms with van der Waals surface area (Å²) in [5.41, 5.74) is 8.38. The second-order valence-corrected chi connectivity index (χ2v) is 19.9. The van der Waals surface area contributed by atoms with Gasteiger partial charge in [-0.25, -0.2) is 14.8 Å². The standard InChI is InChI=1S/C38H49N5O4Si/c1-26(42-18-15-28(16-19-42)27-8-10-29(11-9-27)38(44)46-4)35-23-32-31(14-17-39-37(32)41(35)2)30-12-13-34-33(22-30)40-36(24-45-3)43(34)25-47-20-21-48(5,6)7/h8-14,17,22-23,26,28H,15-16,18-21,24-25H2,1-7H3/t26-/m0/s1. The molecular formula is C38H49N5O4Si. The van der Waals surface area contributed by atoms with Gasteiger partial charge >= 0.3 is 5.97 Å². The summed E-state index contributed by atoms with van der Waals surface area (Å²) in [5, 5.41) is 1.15. The average Bonchev–Trinajstić information content (AvgIpc) is 3.62. The number of esters is 1. The molecule has 2 aromatic carbocycles. The molecule has 3 aromatic heterocycles. The summed E-state index contributed by atoms with van der Waals surface area (Å²) in [4.78, 5) is 24.2. The number of benzene rings is 2. The molecule has 1 fully saturated rings. The van der Waals surface area contributed by atoms with Gasteiger partial charge in [-0.15, -0.1) is 0 Å². The van der Waals surface area contributed by atoms with Gasteiger partial charge in [0.1, 0.15) is 24.8 Å². The molecule has 0 saturated carbocycles. The summed E-state index contributed by atoms with van der Waals surface area (Å²) in [5.74, 6) is 1.06. The molecule has 254 valence electrons. The zero-order chi connectivity index (χ0) is 34.0. The maximum absolute atomic E-state index is 11.9. The smallest absolute Gasteiger partial charge is 0.337 e. The van der Waals surface area contributed by atoms with Crippen molar-refractivity contribution in [2.45, 2.75) is 70.7 Å². The molecule has 10 heteroatoms. The van der Waals surface area contributed by atoms with Crippen LogP contribution in [0.25, 0.3) is 33.2 Å². The molecule has 1 aliphatic heterocycles. The van der Waals surface area contributed by atoms with Crippen molar-refractivity contribution in [2.24, 2.45) is 7.05 Å². The Morgan fingerprint density at radius 1 is 1.02 bits per heavy atom. The monoisotopic (exact) mass is 667 g/mol. The molecule has 0 unspecified atom stereocenters. The number of hydrogen-bond acceptors (Lipinski definition) is 7. The van der Waals surface area contributed by atoms with E-state index in [9.17, 15) is 4.79 Å². The number of ether oxygens (including phenoxy) is 3. The highest BCUT2D eigenvalue weighted by atomic mass is 28.3. The molecule has 0 N–H and O–H groups in total. The number of aromatic nitrogens is 4. The first-order valence-corrected chi connectivity index (χ1v) is 20.7. The predicted molar refractivity (Wildman–Crippen MR) is 194 cm³/mol. The van der Waals surface area contributed by atoms with Crippen molar-refractivity contribution in [1.82, 2.24) is 24.0 Å². The summed E-state index contributed by atoms with van der Waals surface area (Å²) in [7, 11) is 4.09. The number of nitrogens with zero attached hydrogens (tertiary/aromatic N) is 5. The lowest BCUT2D eigenvalue weighted by Gasteiger charge is -2.36. The van der Waals surface area contributed by atoms with Crippen LogP contribution in [0.4, 0.5) is 0 Å². The molecule has 9 nitrogen and oxygen atoms in total. The largest absolute Gasteiger partial charge is 0.465 e. The zero-order valence-corrected chi connectivity index (χ0v) is 30.5. The Kier molecular flexibility index (Phi) is 10.2. The molecule has 1 saturated heterocycles. The third-order valence-corrected chi connectivity index (χ3v) is 11.6. The number of fused-ring (bicyclic) bond motifs is 2. The van der Waals surface area contributed by atoms with Gasteiger partial charge in [0.05, 0.1) is 23.7 Å². The predicted octanol–water partition coefficient (Wildman–Crippen LogP) is 7.78. The van der Waals surface area contributed by atoms with E-state index in [1.807, 2.05) is 18.3 Å². The Morgan fingerprint density at radius 3 is 2.46 bits per heavy atom. The Morgan fingerprint density at radius 2 is 1.77 bits per heavy atom. The van der Waals surface area contributed by atoms with Gasteiger partial charge in [-0.1, -0.05) is 37.8 Å². The summed E-state index contributed by atoms with van der Waals surface area (Å²) in [6.07, 6.45) is 4.07. The molecule has 1 atom stereocenters. The molecule has 6 rings (SSSR count). The van der Waals surface area contributed by atoms with E-state index in [0.29, 0.717) is 24.8 Å². The number of carbonyl (C=O) groups is 1. The highest BCUT2D eigenvalue weighted by Gasteiger charge is 2.27. The minimum absolute atomic E-state index is 0.246. The fourth-order valence-electron chi connectivity index (χ4n) is 6.97. The van der Waals surface area contributed by atoms with Crippen molar-refractivity contribution in [3.05, 3.63) is 83.4 Å². The molecule has 5 aromatic rings. The number of carbonyl (C=O) groups excluding carboxylic acids is 1. The highest BCUT2D eigenvalue weighted by molar-refractivity contribution is 6.76. The maximum atomic E-state index is 11.9. The third-order valence-electron chi connectivity index (χ3n) is 9.90. The molecule has 1 aliphatic rings. The van der Waals surface area contributed by atoms with E-state index in [1.54, 1.807) is 7.11 Å². The van der Waals surface area contributed by atoms with Gasteiger partial charge in [-0.3, -0.25) is 4.90 Å². The number of imidazole rings is 1. The summed E-state index contributed by atoms with van der Waals surface area (Å²) in [6.45, 7) is 13.1. The Hall–Kier alpha value is -3.83. The number of likely N-dealkylation sites (tertiary alicyclic amines) is 1. The van der Waals surface area contributed by atoms with Gasteiger partial charge in [0, 0.05) is 52.2 Å². The second kappa shape index (κ2) is 14.3. The summed E-state index contributed by atoms with van der Waals surface area (Å²) in [6, 6.07) is 20.3. The maximum Gasteiger partial charge on any atom is 0.337 e. The summed E-state index contributed by atoms with van der Waals surface area (Å²) >= 11 is 0. The molecule has 4 heterocycles. The quantitative estimate of drug-likeness (QED) is 0.0764. The van der Waals surface area contributed by atoms with Gasteiger partial charge in [-0.2, -0.15) is 0 Å². The van der Waals surface area contributed by atoms with Crippen LogP contribution in [-0.4, -0.2) is 72.0 Å². The van der Waals surface area contributed by atoms with E-state index in [0.717, 1.165) is 77.6 Å². The van der Waals surface area contributed by atoms with Crippen LogP contribution in [0.1, 0.15) is 59.2 Å². The second-order valence-electron chi connectivity index (χ2n) is 14.3. The number of aryl methyl sites for hydroxylation is 1. The fourth-order valence-corrected chi connectivity index (χ4v) is 7.73. The van der Waals surface area contributed by atoms with Crippen molar-refractivity contribution in [1.29, 1.82) is 0 Å². The normalized spacial score (nSPS) is 15.4. The lowest BCUT2D eigenvalue weighted by atomic mass is 9.88. The van der Waals surface area contributed by atoms with Crippen LogP contribution in [0.5, 0.6) is 0 Å². The van der Waals surface area contributed by atoms with Crippen molar-refractivity contribution in [3.63, 3.8) is 0 Å². The lowest BCUT2D eigenvalue weighted by Crippen LogP contribution is -2.35. The number of rotatable bonds is 12. The van der Waals surface area contributed by atoms with Gasteiger partial charge in [0.2, 0.25) is 0 Å². The lowest BCUT2D eigenvalue weighted by molar-refractivity contribution is 0.0600. The van der Waals surface area contributed by atoms with Crippen LogP contribution < -0.4 is 0 Å². The molecule has 0 aliphatic carbocycles. The van der Waals surface area contributed by atoms with E-state index in [2.05, 4.69) is 90.1 Å². The van der Waals surface area contributed by atoms with Crippen LogP contribution in [0.3, 0.4) is 0 Å². The topological polar surface area (TPSA) is 83.6 Å². The Labute approximate surface area is 284 Å². The number of piperidine rings is 1.